The van der Waals surface area contributed by atoms with E-state index in [1.165, 1.54) is 16.7 Å². The summed E-state index contributed by atoms with van der Waals surface area (Å²) >= 11 is 0.840. The van der Waals surface area contributed by atoms with Crippen molar-refractivity contribution in [2.24, 2.45) is 5.41 Å². The minimum atomic E-state index is -1.02. The number of carbonyl (C=O) groups is 6. The van der Waals surface area contributed by atoms with Crippen LogP contribution in [0.2, 0.25) is 0 Å². The van der Waals surface area contributed by atoms with Gasteiger partial charge in [0.15, 0.2) is 5.12 Å². The number of nitrogens with zero attached hydrogens (tertiary/aromatic N) is 3. The van der Waals surface area contributed by atoms with Crippen LogP contribution in [-0.4, -0.2) is 86.0 Å². The zero-order chi connectivity index (χ0) is 39.6. The first kappa shape index (κ1) is 41.7. The van der Waals surface area contributed by atoms with Crippen LogP contribution in [0.3, 0.4) is 0 Å². The van der Waals surface area contributed by atoms with E-state index in [0.29, 0.717) is 18.5 Å². The summed E-state index contributed by atoms with van der Waals surface area (Å²) in [5.41, 5.74) is 2.12. The quantitative estimate of drug-likeness (QED) is 0.154. The lowest BCUT2D eigenvalue weighted by molar-refractivity contribution is -0.132. The highest BCUT2D eigenvalue weighted by Gasteiger charge is 2.49. The number of likely N-dealkylation sites (N-methyl/N-ethyl adjacent to an activating group) is 1. The van der Waals surface area contributed by atoms with Crippen LogP contribution in [0.5, 0.6) is 0 Å². The first-order valence-electron chi connectivity index (χ1n) is 18.2. The maximum Gasteiger partial charge on any atom is 0.327 e. The van der Waals surface area contributed by atoms with Crippen LogP contribution in [0.4, 0.5) is 10.5 Å². The summed E-state index contributed by atoms with van der Waals surface area (Å²) in [5, 5.41) is 7.45. The molecule has 12 nitrogen and oxygen atoms in total. The largest absolute Gasteiger partial charge is 0.343 e. The SMILES string of the molecule is CC(=O)S[C@@H](CCCN1C(=O)N(C)C(C)(C)C1=O)C(=O)N[C@@H](CCCc1ccc(-c2ccccc2)cc1)C(=O)N[C@H](C(=O)Nc1ccncc1)C(C)(C)C. The fraction of sp³-hybridized carbons (Fsp3) is 0.439. The lowest BCUT2D eigenvalue weighted by Gasteiger charge is -2.32. The lowest BCUT2D eigenvalue weighted by atomic mass is 9.85. The summed E-state index contributed by atoms with van der Waals surface area (Å²) in [6.07, 6.45) is 4.99. The number of anilines is 1. The number of aryl methyl sites for hydroxylation is 1. The average Bonchev–Trinajstić information content (AvgIpc) is 3.27. The molecule has 2 heterocycles. The molecule has 0 saturated carbocycles. The highest BCUT2D eigenvalue weighted by atomic mass is 32.2. The maximum atomic E-state index is 14.1. The van der Waals surface area contributed by atoms with Gasteiger partial charge in [-0.3, -0.25) is 33.9 Å². The molecule has 0 aliphatic carbocycles. The van der Waals surface area contributed by atoms with Crippen LogP contribution < -0.4 is 16.0 Å². The summed E-state index contributed by atoms with van der Waals surface area (Å²) in [6, 6.07) is 19.1. The van der Waals surface area contributed by atoms with Crippen molar-refractivity contribution in [3.8, 4) is 11.1 Å². The summed E-state index contributed by atoms with van der Waals surface area (Å²) in [4.78, 5) is 85.9. The molecule has 2 aromatic carbocycles. The van der Waals surface area contributed by atoms with E-state index in [2.05, 4.69) is 33.1 Å². The van der Waals surface area contributed by atoms with Crippen molar-refractivity contribution in [3.63, 3.8) is 0 Å². The first-order chi connectivity index (χ1) is 25.5. The third-order valence-electron chi connectivity index (χ3n) is 9.59. The van der Waals surface area contributed by atoms with E-state index in [0.717, 1.165) is 28.5 Å². The molecule has 0 unspecified atom stereocenters. The summed E-state index contributed by atoms with van der Waals surface area (Å²) < 4.78 is 0. The molecule has 4 rings (SSSR count). The van der Waals surface area contributed by atoms with Gasteiger partial charge >= 0.3 is 6.03 Å². The molecular weight excluding hydrogens is 705 g/mol. The monoisotopic (exact) mass is 756 g/mol. The Bertz CT molecular complexity index is 1800. The number of thioether (sulfide) groups is 1. The van der Waals surface area contributed by atoms with Crippen LogP contribution in [0.15, 0.2) is 79.1 Å². The molecule has 288 valence electrons. The molecule has 0 spiro atoms. The molecule has 3 aromatic rings. The summed E-state index contributed by atoms with van der Waals surface area (Å²) in [7, 11) is 1.57. The smallest absolute Gasteiger partial charge is 0.327 e. The van der Waals surface area contributed by atoms with E-state index >= 15 is 0 Å². The number of hydrogen-bond donors (Lipinski definition) is 3. The Morgan fingerprint density at radius 2 is 1.44 bits per heavy atom. The maximum absolute atomic E-state index is 14.1. The molecule has 1 fully saturated rings. The van der Waals surface area contributed by atoms with Crippen LogP contribution in [0.25, 0.3) is 11.1 Å². The van der Waals surface area contributed by atoms with Gasteiger partial charge in [-0.05, 0) is 80.2 Å². The molecule has 54 heavy (non-hydrogen) atoms. The molecule has 3 atom stereocenters. The van der Waals surface area contributed by atoms with Crippen LogP contribution in [0.1, 0.15) is 72.8 Å². The van der Waals surface area contributed by atoms with Gasteiger partial charge in [0.2, 0.25) is 17.7 Å². The molecule has 0 radical (unpaired) electrons. The number of hydrogen-bond acceptors (Lipinski definition) is 8. The van der Waals surface area contributed by atoms with E-state index < -0.39 is 52.0 Å². The third-order valence-corrected chi connectivity index (χ3v) is 10.7. The molecule has 0 bridgehead atoms. The van der Waals surface area contributed by atoms with E-state index in [1.807, 2.05) is 63.2 Å². The second kappa shape index (κ2) is 18.3. The Hall–Kier alpha value is -5.04. The van der Waals surface area contributed by atoms with Crippen molar-refractivity contribution in [1.29, 1.82) is 0 Å². The third kappa shape index (κ3) is 11.0. The minimum Gasteiger partial charge on any atom is -0.343 e. The second-order valence-corrected chi connectivity index (χ2v) is 16.5. The lowest BCUT2D eigenvalue weighted by Crippen LogP contribution is -2.57. The van der Waals surface area contributed by atoms with Gasteiger partial charge in [-0.2, -0.15) is 0 Å². The van der Waals surface area contributed by atoms with Crippen LogP contribution >= 0.6 is 11.8 Å². The molecular formula is C41H52N6O6S. The van der Waals surface area contributed by atoms with Crippen molar-refractivity contribution in [2.75, 3.05) is 18.9 Å². The molecule has 13 heteroatoms. The molecule has 1 aliphatic heterocycles. The summed E-state index contributed by atoms with van der Waals surface area (Å²) in [6.45, 7) is 10.3. The van der Waals surface area contributed by atoms with Crippen molar-refractivity contribution < 1.29 is 28.8 Å². The minimum absolute atomic E-state index is 0.0838. The number of pyridine rings is 1. The zero-order valence-electron chi connectivity index (χ0n) is 32.2. The summed E-state index contributed by atoms with van der Waals surface area (Å²) in [5.74, 6) is -1.80. The Kier molecular flexibility index (Phi) is 14.2. The Morgan fingerprint density at radius 1 is 0.815 bits per heavy atom. The van der Waals surface area contributed by atoms with Crippen molar-refractivity contribution in [3.05, 3.63) is 84.7 Å². The van der Waals surface area contributed by atoms with E-state index in [9.17, 15) is 28.8 Å². The van der Waals surface area contributed by atoms with Gasteiger partial charge in [-0.1, -0.05) is 87.1 Å². The predicted octanol–water partition coefficient (Wildman–Crippen LogP) is 5.83. The van der Waals surface area contributed by atoms with E-state index in [4.69, 9.17) is 0 Å². The number of amides is 6. The van der Waals surface area contributed by atoms with Gasteiger partial charge < -0.3 is 20.9 Å². The van der Waals surface area contributed by atoms with Gasteiger partial charge in [0, 0.05) is 38.6 Å². The number of aromatic nitrogens is 1. The van der Waals surface area contributed by atoms with Gasteiger partial charge in [-0.15, -0.1) is 0 Å². The van der Waals surface area contributed by atoms with Gasteiger partial charge in [0.25, 0.3) is 5.91 Å². The van der Waals surface area contributed by atoms with Crippen LogP contribution in [-0.2, 0) is 30.4 Å². The van der Waals surface area contributed by atoms with Gasteiger partial charge in [-0.25, -0.2) is 4.79 Å². The normalized spacial score (nSPS) is 15.7. The fourth-order valence-corrected chi connectivity index (χ4v) is 7.02. The van der Waals surface area contributed by atoms with Crippen molar-refractivity contribution >= 4 is 52.2 Å². The molecule has 1 saturated heterocycles. The standard InChI is InChI=1S/C41H52N6O6S/c1-27(48)54-33(17-12-26-47-38(52)41(5,6)46(7)39(47)53)36(50)44-32(16-11-13-28-18-20-30(21-19-28)29-14-9-8-10-15-29)35(49)45-34(40(2,3)4)37(51)43-31-22-24-42-25-23-31/h8-10,14-15,18-25,32-34H,11-13,16-17,26H2,1-7H3,(H,44,50)(H,45,49)(H,42,43,51)/t32-,33-,34+/m0/s1. The number of rotatable bonds is 16. The second-order valence-electron chi connectivity index (χ2n) is 15.1. The molecule has 3 N–H and O–H groups in total. The molecule has 6 amide bonds. The van der Waals surface area contributed by atoms with E-state index in [-0.39, 0.29) is 36.8 Å². The number of benzene rings is 2. The predicted molar refractivity (Wildman–Crippen MR) is 211 cm³/mol. The first-order valence-corrected chi connectivity index (χ1v) is 19.1. The highest BCUT2D eigenvalue weighted by Crippen LogP contribution is 2.27. The number of urea groups is 1. The fourth-order valence-electron chi connectivity index (χ4n) is 6.16. The van der Waals surface area contributed by atoms with Crippen molar-refractivity contribution in [1.82, 2.24) is 25.4 Å². The Labute approximate surface area is 322 Å². The number of nitrogens with one attached hydrogen (secondary N) is 3. The Morgan fingerprint density at radius 3 is 2.02 bits per heavy atom. The average molecular weight is 757 g/mol. The molecule has 1 aromatic heterocycles. The van der Waals surface area contributed by atoms with Gasteiger partial charge in [0.1, 0.15) is 17.6 Å². The number of imide groups is 1. The Balaban J connectivity index is 1.49. The van der Waals surface area contributed by atoms with Crippen LogP contribution in [0, 0.1) is 5.41 Å². The highest BCUT2D eigenvalue weighted by molar-refractivity contribution is 8.14. The van der Waals surface area contributed by atoms with Crippen molar-refractivity contribution in [2.45, 2.75) is 96.5 Å². The van der Waals surface area contributed by atoms with E-state index in [1.54, 1.807) is 45.4 Å². The van der Waals surface area contributed by atoms with Gasteiger partial charge in [0.05, 0.1) is 5.25 Å². The topological polar surface area (TPSA) is 158 Å². The number of carbonyl (C=O) groups excluding carboxylic acids is 6. The zero-order valence-corrected chi connectivity index (χ0v) is 33.0. The molecule has 1 aliphatic rings.